The van der Waals surface area contributed by atoms with Gasteiger partial charge in [0.25, 0.3) is 0 Å². The van der Waals surface area contributed by atoms with Gasteiger partial charge < -0.3 is 39.7 Å². The molecule has 2 fully saturated rings. The van der Waals surface area contributed by atoms with Gasteiger partial charge in [-0.05, 0) is 32.0 Å². The van der Waals surface area contributed by atoms with Crippen molar-refractivity contribution in [3.63, 3.8) is 0 Å². The molecule has 51 heavy (non-hydrogen) atoms. The summed E-state index contributed by atoms with van der Waals surface area (Å²) in [6.07, 6.45) is -8.26. The lowest BCUT2D eigenvalue weighted by molar-refractivity contribution is -0.154. The number of rotatable bonds is 5. The van der Waals surface area contributed by atoms with E-state index in [1.165, 1.54) is 32.0 Å². The molecule has 1 saturated heterocycles. The number of aromatic hydroxyl groups is 2. The Bertz CT molecular complexity index is 2080. The number of phenolic OH excluding ortho intramolecular Hbond substituents is 2. The van der Waals surface area contributed by atoms with Crippen LogP contribution < -0.4 is 0 Å². The van der Waals surface area contributed by atoms with Crippen molar-refractivity contribution in [3.8, 4) is 22.6 Å². The lowest BCUT2D eigenvalue weighted by Crippen LogP contribution is -2.61. The lowest BCUT2D eigenvalue weighted by atomic mass is 9.59. The minimum atomic E-state index is -2.24. The SMILES string of the molecule is CC(=O)O[C@H](C)[C@@H]1C2=C(C(=O)C[C@@H]1O)C(=O)c1c(ccc(-c3ccc4c(c3O)[C@@H](O)[C@@]35O[C@]3(C4=O)[C@@H]([C@@H](C)OC(C)=O)[C@@H](O)CC5=O)c1O)C2=O. The first-order valence-corrected chi connectivity index (χ1v) is 16.2. The Balaban J connectivity index is 1.33. The molecule has 0 spiro atoms. The fourth-order valence-electron chi connectivity index (χ4n) is 8.83. The number of hydrogen-bond donors (Lipinski definition) is 5. The van der Waals surface area contributed by atoms with E-state index in [1.54, 1.807) is 0 Å². The molecule has 15 heteroatoms. The highest BCUT2D eigenvalue weighted by molar-refractivity contribution is 6.38. The van der Waals surface area contributed by atoms with Gasteiger partial charge in [0.2, 0.25) is 5.78 Å². The maximum Gasteiger partial charge on any atom is 0.302 e. The molecule has 15 nitrogen and oxygen atoms in total. The number of carbonyl (C=O) groups is 7. The summed E-state index contributed by atoms with van der Waals surface area (Å²) in [6, 6.07) is 4.73. The van der Waals surface area contributed by atoms with Crippen LogP contribution in [-0.4, -0.2) is 102 Å². The van der Waals surface area contributed by atoms with Crippen LogP contribution in [0.25, 0.3) is 11.1 Å². The Hall–Kier alpha value is -5.09. The van der Waals surface area contributed by atoms with Gasteiger partial charge in [0.1, 0.15) is 29.8 Å². The molecule has 5 N–H and O–H groups in total. The Kier molecular flexibility index (Phi) is 7.55. The van der Waals surface area contributed by atoms with Crippen LogP contribution >= 0.6 is 0 Å². The summed E-state index contributed by atoms with van der Waals surface area (Å²) in [6.45, 7) is 5.06. The highest BCUT2D eigenvalue weighted by atomic mass is 16.7. The van der Waals surface area contributed by atoms with Crippen LogP contribution in [0.2, 0.25) is 0 Å². The zero-order chi connectivity index (χ0) is 37.2. The predicted octanol–water partition coefficient (Wildman–Crippen LogP) is 0.981. The molecule has 2 aromatic carbocycles. The summed E-state index contributed by atoms with van der Waals surface area (Å²) in [5, 5.41) is 56.4. The Morgan fingerprint density at radius 1 is 0.765 bits per heavy atom. The number of esters is 2. The van der Waals surface area contributed by atoms with E-state index in [2.05, 4.69) is 0 Å². The van der Waals surface area contributed by atoms with Crippen LogP contribution in [0.3, 0.4) is 0 Å². The van der Waals surface area contributed by atoms with Crippen LogP contribution in [0.4, 0.5) is 0 Å². The van der Waals surface area contributed by atoms with Crippen molar-refractivity contribution in [2.45, 2.75) is 82.3 Å². The van der Waals surface area contributed by atoms with E-state index in [0.717, 1.165) is 19.9 Å². The van der Waals surface area contributed by atoms with Gasteiger partial charge in [-0.2, -0.15) is 0 Å². The van der Waals surface area contributed by atoms with Crippen molar-refractivity contribution in [1.82, 2.24) is 0 Å². The number of fused-ring (bicyclic) bond motifs is 2. The predicted molar refractivity (Wildman–Crippen MR) is 167 cm³/mol. The van der Waals surface area contributed by atoms with Gasteiger partial charge in [-0.15, -0.1) is 0 Å². The van der Waals surface area contributed by atoms with E-state index in [1.807, 2.05) is 0 Å². The largest absolute Gasteiger partial charge is 0.507 e. The van der Waals surface area contributed by atoms with Crippen molar-refractivity contribution < 1.29 is 73.3 Å². The van der Waals surface area contributed by atoms with E-state index in [0.29, 0.717) is 0 Å². The molecule has 0 bridgehead atoms. The molecule has 1 saturated carbocycles. The van der Waals surface area contributed by atoms with Gasteiger partial charge in [-0.3, -0.25) is 33.6 Å². The number of allylic oxidation sites excluding steroid dienone is 1. The molecule has 7 rings (SSSR count). The normalized spacial score (nSPS) is 31.8. The molecule has 5 aliphatic rings. The molecule has 0 radical (unpaired) electrons. The number of carbonyl (C=O) groups excluding carboxylic acids is 7. The number of benzene rings is 2. The van der Waals surface area contributed by atoms with Crippen molar-refractivity contribution in [3.05, 3.63) is 57.7 Å². The summed E-state index contributed by atoms with van der Waals surface area (Å²) < 4.78 is 16.3. The monoisotopic (exact) mass is 704 g/mol. The maximum atomic E-state index is 14.1. The van der Waals surface area contributed by atoms with Crippen LogP contribution in [-0.2, 0) is 33.4 Å². The summed E-state index contributed by atoms with van der Waals surface area (Å²) in [5.74, 6) is -10.0. The topological polar surface area (TPSA) is 252 Å². The third-order valence-electron chi connectivity index (χ3n) is 10.8. The zero-order valence-corrected chi connectivity index (χ0v) is 27.6. The van der Waals surface area contributed by atoms with E-state index in [-0.39, 0.29) is 27.8 Å². The first kappa shape index (κ1) is 34.4. The van der Waals surface area contributed by atoms with Gasteiger partial charge in [-0.1, -0.05) is 6.07 Å². The van der Waals surface area contributed by atoms with Gasteiger partial charge in [-0.25, -0.2) is 0 Å². The second kappa shape index (κ2) is 11.2. The average Bonchev–Trinajstić information content (AvgIpc) is 3.75. The number of Topliss-reactive ketones (excluding diaryl/α,β-unsaturated/α-hetero) is 5. The quantitative estimate of drug-likeness (QED) is 0.165. The van der Waals surface area contributed by atoms with Crippen molar-refractivity contribution in [2.75, 3.05) is 0 Å². The Morgan fingerprint density at radius 3 is 1.96 bits per heavy atom. The average molecular weight is 705 g/mol. The van der Waals surface area contributed by atoms with Gasteiger partial charge in [0.15, 0.2) is 34.3 Å². The number of ether oxygens (including phenoxy) is 3. The van der Waals surface area contributed by atoms with Crippen molar-refractivity contribution in [1.29, 1.82) is 0 Å². The molecule has 0 unspecified atom stereocenters. The summed E-state index contributed by atoms with van der Waals surface area (Å²) in [5.41, 5.74) is -7.38. The van der Waals surface area contributed by atoms with Crippen molar-refractivity contribution >= 4 is 40.9 Å². The molecule has 266 valence electrons. The highest BCUT2D eigenvalue weighted by Crippen LogP contribution is 2.69. The minimum Gasteiger partial charge on any atom is -0.507 e. The summed E-state index contributed by atoms with van der Waals surface area (Å²) >= 11 is 0. The first-order valence-electron chi connectivity index (χ1n) is 16.2. The van der Waals surface area contributed by atoms with E-state index < -0.39 is 135 Å². The van der Waals surface area contributed by atoms with Gasteiger partial charge in [0.05, 0.1) is 35.2 Å². The zero-order valence-electron chi connectivity index (χ0n) is 27.6. The van der Waals surface area contributed by atoms with Crippen LogP contribution in [0.1, 0.15) is 83.3 Å². The van der Waals surface area contributed by atoms with Crippen molar-refractivity contribution in [2.24, 2.45) is 11.8 Å². The van der Waals surface area contributed by atoms with Gasteiger partial charge >= 0.3 is 11.9 Å². The molecule has 2 aromatic rings. The molecule has 0 amide bonds. The second-order valence-electron chi connectivity index (χ2n) is 13.6. The first-order chi connectivity index (χ1) is 23.9. The number of epoxide rings is 1. The standard InChI is InChI=1S/C36H32O15/c1-11(49-13(3)37)23-19(39)9-20(40)26-27(23)31(45)17-7-5-15(29(43)24(17)32(26)46)16-6-8-18-25(30(16)44)34(48)35-22(42)10-21(41)28(12(2)50-14(4)38)36(35,51-35)33(18)47/h5-8,11-12,19,21,23,28,34,39,41,43-44,48H,9-10H2,1-4H3/t11-,12-,19+,21+,23+,28+,34-,35-,36+/m1/s1. The number of aliphatic hydroxyl groups is 3. The third kappa shape index (κ3) is 4.35. The molecular formula is C36H32O15. The third-order valence-corrected chi connectivity index (χ3v) is 10.8. The fraction of sp³-hybridized carbons (Fsp3) is 0.417. The molecule has 1 aliphatic heterocycles. The van der Waals surface area contributed by atoms with E-state index in [9.17, 15) is 59.1 Å². The number of phenols is 2. The fourth-order valence-corrected chi connectivity index (χ4v) is 8.83. The second-order valence-corrected chi connectivity index (χ2v) is 13.6. The highest BCUT2D eigenvalue weighted by Gasteiger charge is 2.89. The number of aliphatic hydroxyl groups excluding tert-OH is 3. The van der Waals surface area contributed by atoms with Gasteiger partial charge in [0, 0.05) is 60.1 Å². The van der Waals surface area contributed by atoms with Crippen LogP contribution in [0.5, 0.6) is 11.5 Å². The number of ketones is 5. The Labute approximate surface area is 288 Å². The maximum absolute atomic E-state index is 14.1. The Morgan fingerprint density at radius 2 is 1.33 bits per heavy atom. The molecule has 1 heterocycles. The van der Waals surface area contributed by atoms with Crippen LogP contribution in [0.15, 0.2) is 35.4 Å². The molecule has 4 aliphatic carbocycles. The van der Waals surface area contributed by atoms with Crippen LogP contribution in [0, 0.1) is 11.8 Å². The molecule has 9 atom stereocenters. The van der Waals surface area contributed by atoms with E-state index in [4.69, 9.17) is 14.2 Å². The van der Waals surface area contributed by atoms with E-state index >= 15 is 0 Å². The molecule has 0 aromatic heterocycles. The smallest absolute Gasteiger partial charge is 0.302 e. The lowest BCUT2D eigenvalue weighted by Gasteiger charge is -2.41. The summed E-state index contributed by atoms with van der Waals surface area (Å²) in [7, 11) is 0. The number of hydrogen-bond acceptors (Lipinski definition) is 15. The minimum absolute atomic E-state index is 0.231. The summed E-state index contributed by atoms with van der Waals surface area (Å²) in [4.78, 5) is 91.8. The molecular weight excluding hydrogens is 672 g/mol.